The van der Waals surface area contributed by atoms with Crippen molar-refractivity contribution in [3.63, 3.8) is 0 Å². The molecule has 1 atom stereocenters. The van der Waals surface area contributed by atoms with Crippen LogP contribution in [0.4, 0.5) is 5.69 Å². The molecule has 1 aliphatic rings. The Kier molecular flexibility index (Phi) is 2.51. The maximum atomic E-state index is 9.38. The maximum Gasteiger partial charge on any atom is 0.0731 e. The van der Waals surface area contributed by atoms with Crippen LogP contribution in [0.2, 0.25) is 0 Å². The zero-order valence-electron chi connectivity index (χ0n) is 7.15. The van der Waals surface area contributed by atoms with E-state index in [1.807, 2.05) is 6.07 Å². The van der Waals surface area contributed by atoms with Gasteiger partial charge in [0, 0.05) is 25.5 Å². The summed E-state index contributed by atoms with van der Waals surface area (Å²) in [6, 6.07) is 1.96. The Morgan fingerprint density at radius 2 is 2.46 bits per heavy atom. The van der Waals surface area contributed by atoms with Crippen LogP contribution in [-0.4, -0.2) is 29.3 Å². The second-order valence-corrected chi connectivity index (χ2v) is 4.07. The molecule has 1 N–H and O–H groups in total. The molecule has 2 rings (SSSR count). The number of nitrogens with zero attached hydrogens (tertiary/aromatic N) is 2. The van der Waals surface area contributed by atoms with Gasteiger partial charge >= 0.3 is 0 Å². The average Bonchev–Trinajstić information content (AvgIpc) is 2.53. The van der Waals surface area contributed by atoms with Crippen LogP contribution in [0.25, 0.3) is 0 Å². The molecule has 1 fully saturated rings. The van der Waals surface area contributed by atoms with Crippen molar-refractivity contribution < 1.29 is 5.11 Å². The minimum Gasteiger partial charge on any atom is -0.391 e. The van der Waals surface area contributed by atoms with Gasteiger partial charge in [-0.05, 0) is 28.4 Å². The lowest BCUT2D eigenvalue weighted by molar-refractivity contribution is 0.198. The van der Waals surface area contributed by atoms with Gasteiger partial charge in [-0.25, -0.2) is 0 Å². The lowest BCUT2D eigenvalue weighted by Gasteiger charge is -2.18. The topological polar surface area (TPSA) is 36.4 Å². The minimum atomic E-state index is -0.180. The second-order valence-electron chi connectivity index (χ2n) is 3.22. The molecule has 0 unspecified atom stereocenters. The number of halogens is 1. The van der Waals surface area contributed by atoms with Crippen molar-refractivity contribution in [2.75, 3.05) is 18.0 Å². The highest BCUT2D eigenvalue weighted by Gasteiger charge is 2.21. The average molecular weight is 243 g/mol. The molecule has 0 spiro atoms. The molecule has 2 heterocycles. The van der Waals surface area contributed by atoms with E-state index in [-0.39, 0.29) is 6.10 Å². The molecule has 0 bridgehead atoms. The van der Waals surface area contributed by atoms with Crippen LogP contribution >= 0.6 is 15.9 Å². The fourth-order valence-electron chi connectivity index (χ4n) is 1.58. The van der Waals surface area contributed by atoms with E-state index in [9.17, 15) is 5.11 Å². The number of aliphatic hydroxyl groups excluding tert-OH is 1. The largest absolute Gasteiger partial charge is 0.391 e. The first kappa shape index (κ1) is 8.97. The fraction of sp³-hybridized carbons (Fsp3) is 0.444. The lowest BCUT2D eigenvalue weighted by Crippen LogP contribution is -2.21. The van der Waals surface area contributed by atoms with Crippen LogP contribution in [-0.2, 0) is 0 Å². The molecule has 13 heavy (non-hydrogen) atoms. The van der Waals surface area contributed by atoms with Gasteiger partial charge in [-0.1, -0.05) is 0 Å². The molecule has 3 nitrogen and oxygen atoms in total. The number of pyridine rings is 1. The van der Waals surface area contributed by atoms with Crippen LogP contribution in [0, 0.1) is 0 Å². The lowest BCUT2D eigenvalue weighted by atomic mass is 10.3. The molecule has 0 radical (unpaired) electrons. The highest BCUT2D eigenvalue weighted by atomic mass is 79.9. The van der Waals surface area contributed by atoms with Crippen molar-refractivity contribution in [2.45, 2.75) is 12.5 Å². The van der Waals surface area contributed by atoms with Crippen LogP contribution in [0.1, 0.15) is 6.42 Å². The number of β-amino-alcohol motifs (C(OH)–C–C–N with tert-alkyl or cyclic N) is 1. The van der Waals surface area contributed by atoms with Gasteiger partial charge in [-0.15, -0.1) is 0 Å². The Morgan fingerprint density at radius 1 is 1.62 bits per heavy atom. The van der Waals surface area contributed by atoms with Gasteiger partial charge in [0.05, 0.1) is 16.3 Å². The summed E-state index contributed by atoms with van der Waals surface area (Å²) in [7, 11) is 0. The highest BCUT2D eigenvalue weighted by Crippen LogP contribution is 2.27. The Hall–Kier alpha value is -0.610. The normalized spacial score (nSPS) is 22.3. The number of rotatable bonds is 1. The summed E-state index contributed by atoms with van der Waals surface area (Å²) in [4.78, 5) is 6.16. The first-order valence-corrected chi connectivity index (χ1v) is 5.09. The van der Waals surface area contributed by atoms with Crippen LogP contribution < -0.4 is 4.90 Å². The van der Waals surface area contributed by atoms with Gasteiger partial charge in [0.15, 0.2) is 0 Å². The summed E-state index contributed by atoms with van der Waals surface area (Å²) in [5, 5.41) is 9.38. The predicted octanol–water partition coefficient (Wildman–Crippen LogP) is 1.42. The monoisotopic (exact) mass is 242 g/mol. The van der Waals surface area contributed by atoms with Crippen molar-refractivity contribution in [1.29, 1.82) is 0 Å². The van der Waals surface area contributed by atoms with Crippen molar-refractivity contribution >= 4 is 21.6 Å². The van der Waals surface area contributed by atoms with E-state index in [0.29, 0.717) is 0 Å². The molecule has 1 aromatic rings. The summed E-state index contributed by atoms with van der Waals surface area (Å²) in [6.45, 7) is 1.65. The molecule has 0 aromatic carbocycles. The number of aromatic nitrogens is 1. The maximum absolute atomic E-state index is 9.38. The van der Waals surface area contributed by atoms with Gasteiger partial charge in [0.1, 0.15) is 0 Å². The Morgan fingerprint density at radius 3 is 3.08 bits per heavy atom. The molecule has 70 valence electrons. The Bertz CT molecular complexity index is 305. The summed E-state index contributed by atoms with van der Waals surface area (Å²) >= 11 is 3.44. The van der Waals surface area contributed by atoms with E-state index in [0.717, 1.165) is 29.7 Å². The number of aliphatic hydroxyl groups is 1. The van der Waals surface area contributed by atoms with E-state index >= 15 is 0 Å². The molecule has 0 saturated carbocycles. The number of anilines is 1. The van der Waals surface area contributed by atoms with E-state index < -0.39 is 0 Å². The molecular formula is C9H11BrN2O. The second kappa shape index (κ2) is 3.64. The summed E-state index contributed by atoms with van der Waals surface area (Å²) in [6.07, 6.45) is 4.22. The fourth-order valence-corrected chi connectivity index (χ4v) is 2.09. The van der Waals surface area contributed by atoms with Crippen LogP contribution in [0.5, 0.6) is 0 Å². The van der Waals surface area contributed by atoms with E-state index in [1.54, 1.807) is 12.4 Å². The smallest absolute Gasteiger partial charge is 0.0731 e. The minimum absolute atomic E-state index is 0.180. The predicted molar refractivity (Wildman–Crippen MR) is 54.8 cm³/mol. The van der Waals surface area contributed by atoms with E-state index in [4.69, 9.17) is 0 Å². The first-order chi connectivity index (χ1) is 6.27. The molecule has 1 aliphatic heterocycles. The third-order valence-electron chi connectivity index (χ3n) is 2.26. The quantitative estimate of drug-likeness (QED) is 0.810. The molecule has 1 saturated heterocycles. The van der Waals surface area contributed by atoms with E-state index in [1.165, 1.54) is 0 Å². The Labute approximate surface area is 85.5 Å². The van der Waals surface area contributed by atoms with Gasteiger partial charge < -0.3 is 10.0 Å². The van der Waals surface area contributed by atoms with Gasteiger partial charge in [-0.2, -0.15) is 0 Å². The third kappa shape index (κ3) is 1.84. The number of hydrogen-bond donors (Lipinski definition) is 1. The van der Waals surface area contributed by atoms with Crippen molar-refractivity contribution in [3.8, 4) is 0 Å². The first-order valence-electron chi connectivity index (χ1n) is 4.30. The highest BCUT2D eigenvalue weighted by molar-refractivity contribution is 9.10. The van der Waals surface area contributed by atoms with Crippen molar-refractivity contribution in [2.24, 2.45) is 0 Å². The van der Waals surface area contributed by atoms with Gasteiger partial charge in [0.25, 0.3) is 0 Å². The summed E-state index contributed by atoms with van der Waals surface area (Å²) in [5.41, 5.74) is 1.12. The van der Waals surface area contributed by atoms with Crippen molar-refractivity contribution in [1.82, 2.24) is 4.98 Å². The van der Waals surface area contributed by atoms with Gasteiger partial charge in [-0.3, -0.25) is 4.98 Å². The van der Waals surface area contributed by atoms with Crippen LogP contribution in [0.3, 0.4) is 0 Å². The Balaban J connectivity index is 2.21. The zero-order valence-corrected chi connectivity index (χ0v) is 8.74. The van der Waals surface area contributed by atoms with Crippen LogP contribution in [0.15, 0.2) is 22.9 Å². The summed E-state index contributed by atoms with van der Waals surface area (Å²) in [5.74, 6) is 0. The third-order valence-corrected chi connectivity index (χ3v) is 2.87. The van der Waals surface area contributed by atoms with Crippen molar-refractivity contribution in [3.05, 3.63) is 22.9 Å². The molecule has 0 amide bonds. The van der Waals surface area contributed by atoms with Gasteiger partial charge in [0.2, 0.25) is 0 Å². The zero-order chi connectivity index (χ0) is 9.26. The molecule has 4 heteroatoms. The summed E-state index contributed by atoms with van der Waals surface area (Å²) < 4.78 is 0.990. The molecule has 1 aromatic heterocycles. The number of hydrogen-bond acceptors (Lipinski definition) is 3. The SMILES string of the molecule is O[C@@H]1CCN(c2ccncc2Br)C1. The van der Waals surface area contributed by atoms with E-state index in [2.05, 4.69) is 25.8 Å². The molecular weight excluding hydrogens is 232 g/mol. The molecule has 0 aliphatic carbocycles. The standard InChI is InChI=1S/C9H11BrN2O/c10-8-5-11-3-1-9(8)12-4-2-7(13)6-12/h1,3,5,7,13H,2,4,6H2/t7-/m1/s1.